The predicted octanol–water partition coefficient (Wildman–Crippen LogP) is 3.14. The first-order chi connectivity index (χ1) is 12.5. The zero-order valence-electron chi connectivity index (χ0n) is 17.7. The number of hydrogen-bond donors (Lipinski definition) is 1. The topological polar surface area (TPSA) is 81.4 Å². The number of rotatable bonds is 16. The SMILES string of the molecule is C=C[Si](OCC)(OCC)OCC.CCO[Si](CCCN)(OCC)OCC. The molecule has 26 heavy (non-hydrogen) atoms. The van der Waals surface area contributed by atoms with E-state index in [2.05, 4.69) is 6.58 Å². The summed E-state index contributed by atoms with van der Waals surface area (Å²) in [6, 6.07) is 0.818. The molecule has 0 aliphatic rings. The molecule has 0 aromatic rings. The van der Waals surface area contributed by atoms with E-state index < -0.39 is 17.6 Å². The quantitative estimate of drug-likeness (QED) is 0.391. The van der Waals surface area contributed by atoms with Gasteiger partial charge >= 0.3 is 17.6 Å². The Morgan fingerprint density at radius 2 is 1.04 bits per heavy atom. The van der Waals surface area contributed by atoms with Crippen LogP contribution in [0.4, 0.5) is 0 Å². The fourth-order valence-electron chi connectivity index (χ4n) is 2.23. The van der Waals surface area contributed by atoms with Crippen LogP contribution in [-0.2, 0) is 26.6 Å². The molecule has 0 unspecified atom stereocenters. The Bertz CT molecular complexity index is 290. The third-order valence-corrected chi connectivity index (χ3v) is 8.79. The summed E-state index contributed by atoms with van der Waals surface area (Å²) >= 11 is 0. The molecule has 0 fully saturated rings. The highest BCUT2D eigenvalue weighted by molar-refractivity contribution is 6.66. The van der Waals surface area contributed by atoms with E-state index in [0.717, 1.165) is 12.5 Å². The summed E-state index contributed by atoms with van der Waals surface area (Å²) in [6.07, 6.45) is 0.895. The molecule has 0 aromatic carbocycles. The van der Waals surface area contributed by atoms with E-state index in [1.54, 1.807) is 5.70 Å². The zero-order chi connectivity index (χ0) is 20.3. The van der Waals surface area contributed by atoms with E-state index in [9.17, 15) is 0 Å². The average molecular weight is 412 g/mol. The molecule has 0 bridgehead atoms. The maximum absolute atomic E-state index is 5.65. The lowest BCUT2D eigenvalue weighted by atomic mass is 10.5. The van der Waals surface area contributed by atoms with Gasteiger partial charge < -0.3 is 32.3 Å². The first-order valence-corrected chi connectivity index (χ1v) is 13.4. The van der Waals surface area contributed by atoms with E-state index in [1.807, 2.05) is 41.5 Å². The van der Waals surface area contributed by atoms with Gasteiger partial charge in [-0.2, -0.15) is 0 Å². The number of nitrogens with two attached hydrogens (primary N) is 1. The van der Waals surface area contributed by atoms with Gasteiger partial charge in [0.2, 0.25) is 0 Å². The van der Waals surface area contributed by atoms with Crippen LogP contribution in [0.1, 0.15) is 48.0 Å². The lowest BCUT2D eigenvalue weighted by Gasteiger charge is -2.28. The fraction of sp³-hybridized carbons (Fsp3) is 0.882. The minimum absolute atomic E-state index is 0.595. The lowest BCUT2D eigenvalue weighted by molar-refractivity contribution is 0.0709. The van der Waals surface area contributed by atoms with Gasteiger partial charge in [0.15, 0.2) is 0 Å². The highest BCUT2D eigenvalue weighted by Crippen LogP contribution is 2.17. The molecule has 0 saturated carbocycles. The summed E-state index contributed by atoms with van der Waals surface area (Å²) in [6.45, 7) is 19.7. The van der Waals surface area contributed by atoms with Crippen LogP contribution in [0, 0.1) is 0 Å². The molecule has 158 valence electrons. The molecule has 0 heterocycles. The Morgan fingerprint density at radius 1 is 0.692 bits per heavy atom. The number of hydrogen-bond acceptors (Lipinski definition) is 7. The molecule has 0 spiro atoms. The molecule has 0 rings (SSSR count). The van der Waals surface area contributed by atoms with Crippen LogP contribution in [0.15, 0.2) is 12.3 Å². The van der Waals surface area contributed by atoms with Gasteiger partial charge in [-0.25, -0.2) is 0 Å². The van der Waals surface area contributed by atoms with Crippen LogP contribution in [0.2, 0.25) is 6.04 Å². The Balaban J connectivity index is 0. The van der Waals surface area contributed by atoms with Crippen molar-refractivity contribution < 1.29 is 26.6 Å². The van der Waals surface area contributed by atoms with Crippen molar-refractivity contribution in [2.24, 2.45) is 5.73 Å². The van der Waals surface area contributed by atoms with E-state index in [1.165, 1.54) is 0 Å². The normalized spacial score (nSPS) is 11.8. The van der Waals surface area contributed by atoms with Crippen molar-refractivity contribution in [3.05, 3.63) is 12.3 Å². The Hall–Kier alpha value is -0.106. The first-order valence-electron chi connectivity index (χ1n) is 9.66. The highest BCUT2D eigenvalue weighted by atomic mass is 28.4. The molecule has 0 amide bonds. The molecular weight excluding hydrogens is 370 g/mol. The second-order valence-electron chi connectivity index (χ2n) is 4.98. The fourth-order valence-corrected chi connectivity index (χ4v) is 6.68. The molecule has 0 radical (unpaired) electrons. The van der Waals surface area contributed by atoms with Crippen molar-refractivity contribution in [3.63, 3.8) is 0 Å². The van der Waals surface area contributed by atoms with Crippen molar-refractivity contribution in [1.29, 1.82) is 0 Å². The molecule has 0 atom stereocenters. The van der Waals surface area contributed by atoms with E-state index in [-0.39, 0.29) is 0 Å². The molecule has 0 aliphatic heterocycles. The van der Waals surface area contributed by atoms with E-state index in [0.29, 0.717) is 46.2 Å². The van der Waals surface area contributed by atoms with E-state index in [4.69, 9.17) is 32.3 Å². The third-order valence-electron chi connectivity index (χ3n) is 3.07. The summed E-state index contributed by atoms with van der Waals surface area (Å²) in [4.78, 5) is 0. The average Bonchev–Trinajstić information content (AvgIpc) is 2.62. The van der Waals surface area contributed by atoms with Gasteiger partial charge in [0.1, 0.15) is 0 Å². The van der Waals surface area contributed by atoms with Gasteiger partial charge in [-0.05, 0) is 60.2 Å². The maximum atomic E-state index is 5.65. The Labute approximate surface area is 162 Å². The minimum atomic E-state index is -2.51. The van der Waals surface area contributed by atoms with Crippen molar-refractivity contribution in [3.8, 4) is 0 Å². The van der Waals surface area contributed by atoms with Gasteiger partial charge in [-0.1, -0.05) is 6.58 Å². The zero-order valence-corrected chi connectivity index (χ0v) is 19.7. The Kier molecular flexibility index (Phi) is 19.7. The largest absolute Gasteiger partial charge is 0.528 e. The maximum Gasteiger partial charge on any atom is 0.528 e. The molecule has 2 N–H and O–H groups in total. The third kappa shape index (κ3) is 12.3. The molecule has 0 aliphatic carbocycles. The van der Waals surface area contributed by atoms with Gasteiger partial charge in [-0.15, -0.1) is 0 Å². The van der Waals surface area contributed by atoms with Crippen molar-refractivity contribution in [2.45, 2.75) is 54.0 Å². The van der Waals surface area contributed by atoms with Crippen LogP contribution < -0.4 is 5.73 Å². The lowest BCUT2D eigenvalue weighted by Crippen LogP contribution is -2.46. The van der Waals surface area contributed by atoms with Crippen molar-refractivity contribution in [1.82, 2.24) is 0 Å². The molecule has 7 nitrogen and oxygen atoms in total. The van der Waals surface area contributed by atoms with Crippen LogP contribution in [-0.4, -0.2) is 63.8 Å². The summed E-state index contributed by atoms with van der Waals surface area (Å²) in [5.74, 6) is 0. The van der Waals surface area contributed by atoms with Gasteiger partial charge in [0.05, 0.1) is 0 Å². The molecular formula is C17H41NO6Si2. The van der Waals surface area contributed by atoms with Crippen LogP contribution in [0.5, 0.6) is 0 Å². The summed E-state index contributed by atoms with van der Waals surface area (Å²) < 4.78 is 33.3. The minimum Gasteiger partial charge on any atom is -0.374 e. The smallest absolute Gasteiger partial charge is 0.374 e. The molecule has 0 aromatic heterocycles. The standard InChI is InChI=1S/C9H23NO3Si.C8H18O3Si/c1-4-11-14(12-5-2,13-6-3)9-7-8-10;1-5-9-12(8-4,10-6-2)11-7-3/h4-10H2,1-3H3;8H,4-7H2,1-3H3. The van der Waals surface area contributed by atoms with Gasteiger partial charge in [-0.3, -0.25) is 0 Å². The van der Waals surface area contributed by atoms with E-state index >= 15 is 0 Å². The van der Waals surface area contributed by atoms with Crippen LogP contribution in [0.3, 0.4) is 0 Å². The van der Waals surface area contributed by atoms with Gasteiger partial charge in [0, 0.05) is 45.7 Å². The second kappa shape index (κ2) is 18.3. The summed E-state index contributed by atoms with van der Waals surface area (Å²) in [5, 5.41) is 0. The first kappa shape index (κ1) is 28.1. The summed E-state index contributed by atoms with van der Waals surface area (Å²) in [7, 11) is -4.90. The van der Waals surface area contributed by atoms with Crippen molar-refractivity contribution >= 4 is 17.6 Å². The van der Waals surface area contributed by atoms with Crippen molar-refractivity contribution in [2.75, 3.05) is 46.2 Å². The Morgan fingerprint density at radius 3 is 1.27 bits per heavy atom. The van der Waals surface area contributed by atoms with Gasteiger partial charge in [0.25, 0.3) is 0 Å². The van der Waals surface area contributed by atoms with Crippen LogP contribution >= 0.6 is 0 Å². The predicted molar refractivity (Wildman–Crippen MR) is 110 cm³/mol. The van der Waals surface area contributed by atoms with Crippen LogP contribution in [0.25, 0.3) is 0 Å². The molecule has 9 heteroatoms. The second-order valence-corrected chi connectivity index (χ2v) is 10.2. The monoisotopic (exact) mass is 411 g/mol. The molecule has 0 saturated heterocycles. The highest BCUT2D eigenvalue weighted by Gasteiger charge is 2.39. The summed E-state index contributed by atoms with van der Waals surface area (Å²) in [5.41, 5.74) is 7.15.